The minimum atomic E-state index is 0.577. The van der Waals surface area contributed by atoms with Crippen LogP contribution in [-0.2, 0) is 6.54 Å². The van der Waals surface area contributed by atoms with Crippen LogP contribution in [0, 0.1) is 5.92 Å². The SMILES string of the molecule is CCC(C)CN(CC)c1cccc(Br)c1CN. The molecule has 0 bridgehead atoms. The van der Waals surface area contributed by atoms with Crippen LogP contribution < -0.4 is 10.6 Å². The van der Waals surface area contributed by atoms with Crippen LogP contribution in [0.1, 0.15) is 32.8 Å². The minimum absolute atomic E-state index is 0.577. The van der Waals surface area contributed by atoms with Gasteiger partial charge in [0.2, 0.25) is 0 Å². The van der Waals surface area contributed by atoms with Gasteiger partial charge in [-0.05, 0) is 25.0 Å². The number of nitrogens with two attached hydrogens (primary N) is 1. The van der Waals surface area contributed by atoms with Crippen LogP contribution in [0.25, 0.3) is 0 Å². The lowest BCUT2D eigenvalue weighted by atomic mass is 10.1. The summed E-state index contributed by atoms with van der Waals surface area (Å²) < 4.78 is 1.11. The molecule has 0 aliphatic heterocycles. The first-order valence-corrected chi connectivity index (χ1v) is 7.15. The van der Waals surface area contributed by atoms with Gasteiger partial charge in [-0.2, -0.15) is 0 Å². The number of nitrogens with zero attached hydrogens (tertiary/aromatic N) is 1. The minimum Gasteiger partial charge on any atom is -0.371 e. The van der Waals surface area contributed by atoms with Gasteiger partial charge in [0.05, 0.1) is 0 Å². The molecule has 0 saturated carbocycles. The molecule has 0 heterocycles. The average molecular weight is 299 g/mol. The lowest BCUT2D eigenvalue weighted by molar-refractivity contribution is 0.547. The topological polar surface area (TPSA) is 29.3 Å². The largest absolute Gasteiger partial charge is 0.371 e. The van der Waals surface area contributed by atoms with E-state index in [2.05, 4.69) is 59.8 Å². The van der Waals surface area contributed by atoms with E-state index in [4.69, 9.17) is 5.73 Å². The molecule has 0 aromatic heterocycles. The number of hydrogen-bond donors (Lipinski definition) is 1. The Morgan fingerprint density at radius 3 is 2.59 bits per heavy atom. The molecule has 2 nitrogen and oxygen atoms in total. The first-order chi connectivity index (χ1) is 8.13. The standard InChI is InChI=1S/C14H23BrN2/c1-4-11(3)10-17(5-2)14-8-6-7-13(15)12(14)9-16/h6-8,11H,4-5,9-10,16H2,1-3H3. The van der Waals surface area contributed by atoms with Gasteiger partial charge in [0.1, 0.15) is 0 Å². The molecule has 1 aromatic carbocycles. The Labute approximate surface area is 113 Å². The smallest absolute Gasteiger partial charge is 0.0423 e. The van der Waals surface area contributed by atoms with E-state index >= 15 is 0 Å². The molecule has 0 radical (unpaired) electrons. The van der Waals surface area contributed by atoms with Gasteiger partial charge in [-0.1, -0.05) is 42.3 Å². The maximum atomic E-state index is 5.85. The zero-order chi connectivity index (χ0) is 12.8. The van der Waals surface area contributed by atoms with Crippen molar-refractivity contribution in [3.63, 3.8) is 0 Å². The fourth-order valence-electron chi connectivity index (χ4n) is 1.95. The first kappa shape index (κ1) is 14.5. The predicted octanol–water partition coefficient (Wildman–Crippen LogP) is 3.78. The molecule has 0 fully saturated rings. The first-order valence-electron chi connectivity index (χ1n) is 6.36. The maximum Gasteiger partial charge on any atom is 0.0423 e. The summed E-state index contributed by atoms with van der Waals surface area (Å²) in [4.78, 5) is 2.42. The fourth-order valence-corrected chi connectivity index (χ4v) is 2.47. The van der Waals surface area contributed by atoms with E-state index in [9.17, 15) is 0 Å². The van der Waals surface area contributed by atoms with E-state index < -0.39 is 0 Å². The fraction of sp³-hybridized carbons (Fsp3) is 0.571. The Bertz CT molecular complexity index is 352. The molecule has 0 saturated heterocycles. The van der Waals surface area contributed by atoms with Crippen LogP contribution in [0.5, 0.6) is 0 Å². The van der Waals surface area contributed by atoms with Gasteiger partial charge in [-0.15, -0.1) is 0 Å². The summed E-state index contributed by atoms with van der Waals surface area (Å²) in [6.07, 6.45) is 1.21. The molecule has 96 valence electrons. The van der Waals surface area contributed by atoms with Crippen LogP contribution in [0.4, 0.5) is 5.69 Å². The number of hydrogen-bond acceptors (Lipinski definition) is 2. The van der Waals surface area contributed by atoms with E-state index in [1.54, 1.807) is 0 Å². The summed E-state index contributed by atoms with van der Waals surface area (Å²) in [5.74, 6) is 0.708. The summed E-state index contributed by atoms with van der Waals surface area (Å²) in [5.41, 5.74) is 8.32. The highest BCUT2D eigenvalue weighted by Crippen LogP contribution is 2.28. The highest BCUT2D eigenvalue weighted by atomic mass is 79.9. The summed E-state index contributed by atoms with van der Waals surface area (Å²) in [5, 5.41) is 0. The molecule has 0 aliphatic carbocycles. The van der Waals surface area contributed by atoms with Gasteiger partial charge in [0.25, 0.3) is 0 Å². The second-order valence-corrected chi connectivity index (χ2v) is 5.35. The summed E-state index contributed by atoms with van der Waals surface area (Å²) in [6, 6.07) is 6.31. The Hall–Kier alpha value is -0.540. The molecule has 2 N–H and O–H groups in total. The van der Waals surface area contributed by atoms with Crippen molar-refractivity contribution in [1.82, 2.24) is 0 Å². The Morgan fingerprint density at radius 1 is 1.35 bits per heavy atom. The Balaban J connectivity index is 2.98. The van der Waals surface area contributed by atoms with Gasteiger partial charge in [0, 0.05) is 35.4 Å². The number of halogens is 1. The number of rotatable bonds is 6. The van der Waals surface area contributed by atoms with Crippen molar-refractivity contribution in [2.45, 2.75) is 33.7 Å². The van der Waals surface area contributed by atoms with Gasteiger partial charge in [0.15, 0.2) is 0 Å². The van der Waals surface area contributed by atoms with Crippen molar-refractivity contribution in [2.75, 3.05) is 18.0 Å². The van der Waals surface area contributed by atoms with Gasteiger partial charge in [-0.3, -0.25) is 0 Å². The molecular weight excluding hydrogens is 276 g/mol. The van der Waals surface area contributed by atoms with Gasteiger partial charge in [-0.25, -0.2) is 0 Å². The van der Waals surface area contributed by atoms with Crippen molar-refractivity contribution in [2.24, 2.45) is 11.7 Å². The normalized spacial score (nSPS) is 12.5. The van der Waals surface area contributed by atoms with Crippen LogP contribution in [0.3, 0.4) is 0 Å². The second kappa shape index (κ2) is 7.02. The molecule has 0 aliphatic rings. The van der Waals surface area contributed by atoms with Crippen molar-refractivity contribution in [3.05, 3.63) is 28.2 Å². The quantitative estimate of drug-likeness (QED) is 0.866. The molecule has 0 spiro atoms. The van der Waals surface area contributed by atoms with Crippen LogP contribution in [0.2, 0.25) is 0 Å². The van der Waals surface area contributed by atoms with Crippen molar-refractivity contribution < 1.29 is 0 Å². The lowest BCUT2D eigenvalue weighted by Crippen LogP contribution is -2.29. The summed E-state index contributed by atoms with van der Waals surface area (Å²) in [6.45, 7) is 9.42. The number of anilines is 1. The average Bonchev–Trinajstić information content (AvgIpc) is 2.35. The van der Waals surface area contributed by atoms with Crippen LogP contribution in [0.15, 0.2) is 22.7 Å². The van der Waals surface area contributed by atoms with Crippen LogP contribution >= 0.6 is 15.9 Å². The van der Waals surface area contributed by atoms with Gasteiger partial charge >= 0.3 is 0 Å². The third-order valence-electron chi connectivity index (χ3n) is 3.25. The zero-order valence-corrected chi connectivity index (χ0v) is 12.6. The van der Waals surface area contributed by atoms with E-state index in [1.807, 2.05) is 0 Å². The number of benzene rings is 1. The third-order valence-corrected chi connectivity index (χ3v) is 3.99. The van der Waals surface area contributed by atoms with E-state index in [-0.39, 0.29) is 0 Å². The Kier molecular flexibility index (Phi) is 6.00. The van der Waals surface area contributed by atoms with Crippen LogP contribution in [-0.4, -0.2) is 13.1 Å². The molecule has 1 atom stereocenters. The molecule has 17 heavy (non-hydrogen) atoms. The second-order valence-electron chi connectivity index (χ2n) is 4.49. The Morgan fingerprint density at radius 2 is 2.06 bits per heavy atom. The van der Waals surface area contributed by atoms with E-state index in [1.165, 1.54) is 17.7 Å². The monoisotopic (exact) mass is 298 g/mol. The summed E-state index contributed by atoms with van der Waals surface area (Å²) in [7, 11) is 0. The van der Waals surface area contributed by atoms with Gasteiger partial charge < -0.3 is 10.6 Å². The van der Waals surface area contributed by atoms with E-state index in [0.717, 1.165) is 17.6 Å². The van der Waals surface area contributed by atoms with Crippen molar-refractivity contribution in [1.29, 1.82) is 0 Å². The highest BCUT2D eigenvalue weighted by molar-refractivity contribution is 9.10. The molecule has 3 heteroatoms. The highest BCUT2D eigenvalue weighted by Gasteiger charge is 2.13. The molecule has 1 aromatic rings. The van der Waals surface area contributed by atoms with E-state index in [0.29, 0.717) is 12.5 Å². The zero-order valence-electron chi connectivity index (χ0n) is 11.0. The third kappa shape index (κ3) is 3.71. The summed E-state index contributed by atoms with van der Waals surface area (Å²) >= 11 is 3.58. The maximum absolute atomic E-state index is 5.85. The molecular formula is C14H23BrN2. The molecule has 0 amide bonds. The molecule has 1 unspecified atom stereocenters. The molecule has 1 rings (SSSR count). The van der Waals surface area contributed by atoms with Crippen molar-refractivity contribution >= 4 is 21.6 Å². The lowest BCUT2D eigenvalue weighted by Gasteiger charge is -2.28. The van der Waals surface area contributed by atoms with Crippen molar-refractivity contribution in [3.8, 4) is 0 Å². The predicted molar refractivity (Wildman–Crippen MR) is 79.4 cm³/mol.